The van der Waals surface area contributed by atoms with E-state index in [1.807, 2.05) is 47.8 Å². The number of carbonyl (C=O) groups is 2. The summed E-state index contributed by atoms with van der Waals surface area (Å²) in [5.41, 5.74) is 4.12. The van der Waals surface area contributed by atoms with Gasteiger partial charge in [-0.05, 0) is 64.2 Å². The summed E-state index contributed by atoms with van der Waals surface area (Å²) in [4.78, 5) is 24.5. The Balaban J connectivity index is 1.24. The van der Waals surface area contributed by atoms with E-state index in [4.69, 9.17) is 4.74 Å². The highest BCUT2D eigenvalue weighted by Gasteiger charge is 2.09. The summed E-state index contributed by atoms with van der Waals surface area (Å²) in [6.45, 7) is 0.104. The van der Waals surface area contributed by atoms with Crippen LogP contribution in [0.25, 0.3) is 10.8 Å². The topological polar surface area (TPSA) is 79.8 Å². The number of rotatable bonds is 7. The predicted octanol–water partition coefficient (Wildman–Crippen LogP) is 4.68. The fourth-order valence-corrected chi connectivity index (χ4v) is 3.47. The van der Waals surface area contributed by atoms with Crippen LogP contribution in [0.3, 0.4) is 0 Å². The van der Waals surface area contributed by atoms with E-state index in [0.29, 0.717) is 10.6 Å². The molecular weight excluding hydrogens is 410 g/mol. The third kappa shape index (κ3) is 5.55. The number of hydrogen-bond donors (Lipinski definition) is 2. The second kappa shape index (κ2) is 9.69. The number of carbonyl (C=O) groups excluding carboxylic acids is 2. The summed E-state index contributed by atoms with van der Waals surface area (Å²) in [5, 5.41) is 11.1. The lowest BCUT2D eigenvalue weighted by Gasteiger charge is -2.06. The summed E-state index contributed by atoms with van der Waals surface area (Å²) in [7, 11) is 0. The summed E-state index contributed by atoms with van der Waals surface area (Å²) in [6, 6.07) is 24.4. The average Bonchev–Trinajstić information content (AvgIpc) is 3.34. The number of hydrogen-bond acceptors (Lipinski definition) is 6. The van der Waals surface area contributed by atoms with E-state index in [-0.39, 0.29) is 18.4 Å². The zero-order valence-electron chi connectivity index (χ0n) is 16.4. The first kappa shape index (κ1) is 20.3. The Bertz CT molecular complexity index is 1220. The number of nitrogens with one attached hydrogen (secondary N) is 2. The van der Waals surface area contributed by atoms with Gasteiger partial charge in [-0.2, -0.15) is 5.10 Å². The lowest BCUT2D eigenvalue weighted by Crippen LogP contribution is -2.25. The van der Waals surface area contributed by atoms with Crippen molar-refractivity contribution in [3.63, 3.8) is 0 Å². The van der Waals surface area contributed by atoms with Gasteiger partial charge in [-0.15, -0.1) is 11.3 Å². The second-order valence-electron chi connectivity index (χ2n) is 6.64. The molecule has 4 aromatic rings. The molecule has 0 spiro atoms. The first-order valence-corrected chi connectivity index (χ1v) is 10.5. The molecule has 1 heterocycles. The maximum atomic E-state index is 12.0. The van der Waals surface area contributed by atoms with E-state index in [1.54, 1.807) is 36.4 Å². The highest BCUT2D eigenvalue weighted by atomic mass is 32.1. The third-order valence-electron chi connectivity index (χ3n) is 4.42. The van der Waals surface area contributed by atoms with E-state index in [2.05, 4.69) is 15.8 Å². The smallest absolute Gasteiger partial charge is 0.353 e. The molecule has 0 aliphatic heterocycles. The van der Waals surface area contributed by atoms with Crippen LogP contribution in [-0.4, -0.2) is 24.6 Å². The first-order chi connectivity index (χ1) is 15.2. The van der Waals surface area contributed by atoms with Crippen molar-refractivity contribution in [3.8, 4) is 5.75 Å². The van der Waals surface area contributed by atoms with Crippen LogP contribution in [0.15, 0.2) is 89.3 Å². The number of benzene rings is 3. The van der Waals surface area contributed by atoms with Crippen molar-refractivity contribution in [3.05, 3.63) is 94.7 Å². The van der Waals surface area contributed by atoms with Crippen molar-refractivity contribution in [1.29, 1.82) is 0 Å². The number of amides is 1. The Morgan fingerprint density at radius 2 is 1.74 bits per heavy atom. The molecule has 0 saturated heterocycles. The standard InChI is InChI=1S/C24H19N3O3S/c28-23(16-25-20-10-9-18-4-1-2-5-19(18)14-20)27-26-15-17-7-11-21(12-8-17)30-24(29)22-6-3-13-31-22/h1-15,25H,16H2,(H,27,28)/b26-15+. The lowest BCUT2D eigenvalue weighted by atomic mass is 10.1. The molecule has 0 bridgehead atoms. The van der Waals surface area contributed by atoms with Crippen molar-refractivity contribution in [2.75, 3.05) is 11.9 Å². The van der Waals surface area contributed by atoms with Crippen LogP contribution >= 0.6 is 11.3 Å². The third-order valence-corrected chi connectivity index (χ3v) is 5.27. The summed E-state index contributed by atoms with van der Waals surface area (Å²) in [5.74, 6) is -0.201. The van der Waals surface area contributed by atoms with Gasteiger partial charge in [0.1, 0.15) is 10.6 Å². The Morgan fingerprint density at radius 1 is 0.935 bits per heavy atom. The number of fused-ring (bicyclic) bond motifs is 1. The number of nitrogens with zero attached hydrogens (tertiary/aromatic N) is 1. The molecule has 0 unspecified atom stereocenters. The molecule has 2 N–H and O–H groups in total. The van der Waals surface area contributed by atoms with Gasteiger partial charge < -0.3 is 10.1 Å². The normalized spacial score (nSPS) is 10.8. The van der Waals surface area contributed by atoms with Gasteiger partial charge in [0, 0.05) is 5.69 Å². The van der Waals surface area contributed by atoms with Crippen molar-refractivity contribution < 1.29 is 14.3 Å². The first-order valence-electron chi connectivity index (χ1n) is 9.58. The van der Waals surface area contributed by atoms with Gasteiger partial charge in [-0.25, -0.2) is 10.2 Å². The Hall–Kier alpha value is -3.97. The van der Waals surface area contributed by atoms with Crippen LogP contribution in [0.4, 0.5) is 5.69 Å². The Morgan fingerprint density at radius 3 is 2.52 bits per heavy atom. The molecule has 0 aliphatic rings. The van der Waals surface area contributed by atoms with Crippen LogP contribution in [0.5, 0.6) is 5.75 Å². The van der Waals surface area contributed by atoms with Gasteiger partial charge in [0.2, 0.25) is 0 Å². The van der Waals surface area contributed by atoms with E-state index >= 15 is 0 Å². The molecule has 1 aromatic heterocycles. The fraction of sp³-hybridized carbons (Fsp3) is 0.0417. The minimum absolute atomic E-state index is 0.104. The van der Waals surface area contributed by atoms with Crippen molar-refractivity contribution in [1.82, 2.24) is 5.43 Å². The van der Waals surface area contributed by atoms with E-state index in [1.165, 1.54) is 17.6 Å². The van der Waals surface area contributed by atoms with Gasteiger partial charge in [0.15, 0.2) is 0 Å². The SMILES string of the molecule is O=C(CNc1ccc2ccccc2c1)N/N=C/c1ccc(OC(=O)c2cccs2)cc1. The summed E-state index contributed by atoms with van der Waals surface area (Å²) in [6.07, 6.45) is 1.53. The predicted molar refractivity (Wildman–Crippen MR) is 124 cm³/mol. The van der Waals surface area contributed by atoms with Gasteiger partial charge >= 0.3 is 5.97 Å². The zero-order chi connectivity index (χ0) is 21.5. The molecule has 1 amide bonds. The van der Waals surface area contributed by atoms with Crippen LogP contribution in [0.2, 0.25) is 0 Å². The molecule has 0 fully saturated rings. The molecule has 6 nitrogen and oxygen atoms in total. The van der Waals surface area contributed by atoms with Gasteiger partial charge in [0.05, 0.1) is 12.8 Å². The molecule has 4 rings (SSSR count). The molecule has 0 atom stereocenters. The Kier molecular flexibility index (Phi) is 6.35. The van der Waals surface area contributed by atoms with E-state index in [9.17, 15) is 9.59 Å². The zero-order valence-corrected chi connectivity index (χ0v) is 17.3. The van der Waals surface area contributed by atoms with Crippen molar-refractivity contribution in [2.24, 2.45) is 5.10 Å². The molecule has 0 aliphatic carbocycles. The molecule has 3 aromatic carbocycles. The molecule has 31 heavy (non-hydrogen) atoms. The van der Waals surface area contributed by atoms with Crippen LogP contribution in [-0.2, 0) is 4.79 Å². The molecule has 154 valence electrons. The van der Waals surface area contributed by atoms with Gasteiger partial charge in [-0.1, -0.05) is 36.4 Å². The minimum atomic E-state index is -0.386. The van der Waals surface area contributed by atoms with E-state index < -0.39 is 0 Å². The highest BCUT2D eigenvalue weighted by molar-refractivity contribution is 7.12. The molecular formula is C24H19N3O3S. The van der Waals surface area contributed by atoms with Gasteiger partial charge in [-0.3, -0.25) is 4.79 Å². The maximum absolute atomic E-state index is 12.0. The molecule has 0 saturated carbocycles. The monoisotopic (exact) mass is 429 g/mol. The van der Waals surface area contributed by atoms with Crippen LogP contribution < -0.4 is 15.5 Å². The fourth-order valence-electron chi connectivity index (χ4n) is 2.87. The number of anilines is 1. The van der Waals surface area contributed by atoms with Crippen molar-refractivity contribution in [2.45, 2.75) is 0 Å². The van der Waals surface area contributed by atoms with Gasteiger partial charge in [0.25, 0.3) is 5.91 Å². The maximum Gasteiger partial charge on any atom is 0.353 e. The number of ether oxygens (including phenoxy) is 1. The largest absolute Gasteiger partial charge is 0.422 e. The molecule has 7 heteroatoms. The lowest BCUT2D eigenvalue weighted by molar-refractivity contribution is -0.119. The van der Waals surface area contributed by atoms with E-state index in [0.717, 1.165) is 22.0 Å². The average molecular weight is 430 g/mol. The minimum Gasteiger partial charge on any atom is -0.422 e. The highest BCUT2D eigenvalue weighted by Crippen LogP contribution is 2.18. The van der Waals surface area contributed by atoms with Crippen LogP contribution in [0, 0.1) is 0 Å². The quantitative estimate of drug-likeness (QED) is 0.193. The number of hydrazone groups is 1. The van der Waals surface area contributed by atoms with Crippen molar-refractivity contribution >= 4 is 45.9 Å². The number of esters is 1. The number of thiophene rings is 1. The summed E-state index contributed by atoms with van der Waals surface area (Å²) >= 11 is 1.33. The summed E-state index contributed by atoms with van der Waals surface area (Å²) < 4.78 is 5.31. The Labute approximate surface area is 183 Å². The second-order valence-corrected chi connectivity index (χ2v) is 7.59. The molecule has 0 radical (unpaired) electrons. The van der Waals surface area contributed by atoms with Crippen LogP contribution in [0.1, 0.15) is 15.2 Å².